The molecule has 4 N–H and O–H groups in total. The molecule has 0 saturated heterocycles. The minimum Gasteiger partial charge on any atom is -0.449 e. The summed E-state index contributed by atoms with van der Waals surface area (Å²) >= 11 is 1.03. The van der Waals surface area contributed by atoms with Crippen LogP contribution in [-0.4, -0.2) is 51.1 Å². The van der Waals surface area contributed by atoms with Crippen molar-refractivity contribution in [3.05, 3.63) is 53.5 Å². The number of aliphatic hydroxyl groups is 2. The molecule has 0 bridgehead atoms. The van der Waals surface area contributed by atoms with E-state index in [0.29, 0.717) is 24.9 Å². The van der Waals surface area contributed by atoms with Gasteiger partial charge in [-0.3, -0.25) is 9.59 Å². The number of benzene rings is 1. The Morgan fingerprint density at radius 3 is 2.64 bits per heavy atom. The van der Waals surface area contributed by atoms with Gasteiger partial charge in [-0.15, -0.1) is 0 Å². The number of allylic oxidation sites excluding steroid dienone is 3. The van der Waals surface area contributed by atoms with Crippen LogP contribution in [0.1, 0.15) is 72.1 Å². The summed E-state index contributed by atoms with van der Waals surface area (Å²) in [5.41, 5.74) is 6.81. The maximum Gasteiger partial charge on any atom is 0.306 e. The Kier molecular flexibility index (Phi) is 7.06. The van der Waals surface area contributed by atoms with Crippen LogP contribution in [0.15, 0.2) is 52.7 Å². The summed E-state index contributed by atoms with van der Waals surface area (Å²) in [7, 11) is 0. The summed E-state index contributed by atoms with van der Waals surface area (Å²) in [6, 6.07) is 6.09. The number of halogens is 1. The van der Waals surface area contributed by atoms with Gasteiger partial charge in [0.2, 0.25) is 5.12 Å². The fraction of sp³-hybridized carbons (Fsp3) is 0.606. The number of ether oxygens (including phenoxy) is 1. The third-order valence-electron chi connectivity index (χ3n) is 11.9. The van der Waals surface area contributed by atoms with Gasteiger partial charge in [-0.25, -0.2) is 9.38 Å². The molecule has 0 aromatic heterocycles. The summed E-state index contributed by atoms with van der Waals surface area (Å²) < 4.78 is 19.6. The second kappa shape index (κ2) is 10.0. The molecular weight excluding hydrogens is 555 g/mol. The van der Waals surface area contributed by atoms with Gasteiger partial charge in [-0.2, -0.15) is 0 Å². The molecule has 9 heteroatoms. The van der Waals surface area contributed by atoms with Crippen LogP contribution in [0.5, 0.6) is 0 Å². The Morgan fingerprint density at radius 2 is 1.98 bits per heavy atom. The highest BCUT2D eigenvalue weighted by Gasteiger charge is 2.88. The van der Waals surface area contributed by atoms with Gasteiger partial charge >= 0.3 is 5.97 Å². The molecule has 42 heavy (non-hydrogen) atoms. The Hall–Kier alpha value is -2.49. The monoisotopic (exact) mass is 596 g/mol. The fourth-order valence-corrected chi connectivity index (χ4v) is 10.9. The molecule has 226 valence electrons. The van der Waals surface area contributed by atoms with Crippen molar-refractivity contribution >= 4 is 34.2 Å². The Morgan fingerprint density at radius 1 is 1.24 bits per heavy atom. The van der Waals surface area contributed by atoms with Crippen molar-refractivity contribution in [2.75, 3.05) is 12.4 Å². The van der Waals surface area contributed by atoms with Crippen LogP contribution in [0.2, 0.25) is 0 Å². The van der Waals surface area contributed by atoms with E-state index in [0.717, 1.165) is 48.7 Å². The Labute approximate surface area is 250 Å². The van der Waals surface area contributed by atoms with E-state index in [9.17, 15) is 24.2 Å². The van der Waals surface area contributed by atoms with Crippen LogP contribution < -0.4 is 5.73 Å². The van der Waals surface area contributed by atoms with Crippen molar-refractivity contribution in [2.45, 2.75) is 83.8 Å². The average molecular weight is 597 g/mol. The quantitative estimate of drug-likeness (QED) is 0.377. The number of hydrogen-bond acceptors (Lipinski definition) is 8. The fourth-order valence-electron chi connectivity index (χ4n) is 10.1. The first-order chi connectivity index (χ1) is 20.0. The van der Waals surface area contributed by atoms with Crippen LogP contribution >= 0.6 is 11.8 Å². The van der Waals surface area contributed by atoms with Crippen molar-refractivity contribution in [3.63, 3.8) is 0 Å². The molecule has 5 aliphatic carbocycles. The molecular formula is C33H41FN2O5S. The lowest BCUT2D eigenvalue weighted by Crippen LogP contribution is -2.62. The molecule has 5 aliphatic rings. The number of thioether (sulfide) groups is 1. The van der Waals surface area contributed by atoms with Crippen LogP contribution in [0.4, 0.5) is 10.1 Å². The predicted molar refractivity (Wildman–Crippen MR) is 160 cm³/mol. The molecule has 1 aromatic carbocycles. The van der Waals surface area contributed by atoms with Crippen molar-refractivity contribution in [2.24, 2.45) is 38.3 Å². The molecule has 4 saturated carbocycles. The van der Waals surface area contributed by atoms with Crippen molar-refractivity contribution in [1.29, 1.82) is 0 Å². The molecule has 7 nitrogen and oxygen atoms in total. The summed E-state index contributed by atoms with van der Waals surface area (Å²) in [4.78, 5) is 31.4. The van der Waals surface area contributed by atoms with E-state index in [-0.39, 0.29) is 51.9 Å². The SMILES string of the molecule is CCC(=O)O[C@]1(C(=O)SCCO)CCC2C34CCC5=CC(=Nc6ccc(F)cc6)C(=CN)C[C@]5(C)C3(C4)[C@@H](O)C[C@@]21C. The van der Waals surface area contributed by atoms with E-state index in [1.807, 2.05) is 0 Å². The number of fused-ring (bicyclic) bond motifs is 2. The minimum atomic E-state index is -1.32. The first kappa shape index (κ1) is 29.6. The lowest BCUT2D eigenvalue weighted by molar-refractivity contribution is -0.196. The zero-order valence-corrected chi connectivity index (χ0v) is 25.4. The van der Waals surface area contributed by atoms with Crippen LogP contribution in [0, 0.1) is 33.4 Å². The van der Waals surface area contributed by atoms with Crippen LogP contribution in [0.25, 0.3) is 0 Å². The van der Waals surface area contributed by atoms with Crippen LogP contribution in [-0.2, 0) is 14.3 Å². The maximum atomic E-state index is 13.8. The normalized spacial score (nSPS) is 41.8. The van der Waals surface area contributed by atoms with Gasteiger partial charge in [-0.05, 0) is 98.4 Å². The van der Waals surface area contributed by atoms with E-state index in [1.54, 1.807) is 25.3 Å². The van der Waals surface area contributed by atoms with Crippen molar-refractivity contribution < 1.29 is 28.9 Å². The predicted octanol–water partition coefficient (Wildman–Crippen LogP) is 5.37. The van der Waals surface area contributed by atoms with Gasteiger partial charge in [0, 0.05) is 28.4 Å². The molecule has 1 aromatic rings. The lowest BCUT2D eigenvalue weighted by atomic mass is 9.45. The first-order valence-electron chi connectivity index (χ1n) is 15.1. The smallest absolute Gasteiger partial charge is 0.306 e. The Bertz CT molecular complexity index is 1410. The zero-order chi connectivity index (χ0) is 30.1. The third-order valence-corrected chi connectivity index (χ3v) is 12.9. The van der Waals surface area contributed by atoms with Gasteiger partial charge in [-0.1, -0.05) is 38.1 Å². The number of carbonyl (C=O) groups is 2. The zero-order valence-electron chi connectivity index (χ0n) is 24.6. The van der Waals surface area contributed by atoms with Crippen LogP contribution in [0.3, 0.4) is 0 Å². The number of carbonyl (C=O) groups excluding carboxylic acids is 2. The highest BCUT2D eigenvalue weighted by Crippen LogP contribution is 2.90. The highest BCUT2D eigenvalue weighted by molar-refractivity contribution is 8.13. The van der Waals surface area contributed by atoms with Gasteiger partial charge in [0.1, 0.15) is 5.82 Å². The van der Waals surface area contributed by atoms with Gasteiger partial charge in [0.25, 0.3) is 0 Å². The molecule has 0 aliphatic heterocycles. The van der Waals surface area contributed by atoms with Gasteiger partial charge in [0.15, 0.2) is 5.60 Å². The molecule has 4 fully saturated rings. The standard InChI is InChI=1S/C33H41FN2O5S/c1-4-27(39)41-33(28(40)42-14-13-37)12-10-25-30(33,3)17-26(38)32-19-31(25,32)11-9-21-15-24(20(18-35)16-29(21,32)2)36-23-7-5-22(34)6-8-23/h5-8,15,18,25-26,37-38H,4,9-14,16-17,19,35H2,1-3H3/t25?,26-,29-,30-,31?,32?,33-/m0/s1. The van der Waals surface area contributed by atoms with Gasteiger partial charge < -0.3 is 20.7 Å². The summed E-state index contributed by atoms with van der Waals surface area (Å²) in [5, 5.41) is 21.5. The summed E-state index contributed by atoms with van der Waals surface area (Å²) in [6.07, 6.45) is 7.96. The summed E-state index contributed by atoms with van der Waals surface area (Å²) in [6.45, 7) is 5.90. The van der Waals surface area contributed by atoms with Crippen molar-refractivity contribution in [3.8, 4) is 0 Å². The third kappa shape index (κ3) is 3.75. The molecule has 6 rings (SSSR count). The largest absolute Gasteiger partial charge is 0.449 e. The molecule has 0 amide bonds. The van der Waals surface area contributed by atoms with E-state index in [4.69, 9.17) is 15.5 Å². The van der Waals surface area contributed by atoms with Gasteiger partial charge in [0.05, 0.1) is 24.1 Å². The van der Waals surface area contributed by atoms with E-state index in [2.05, 4.69) is 19.9 Å². The Balaban J connectivity index is 1.40. The van der Waals surface area contributed by atoms with E-state index < -0.39 is 23.1 Å². The lowest BCUT2D eigenvalue weighted by Gasteiger charge is -2.60. The number of rotatable bonds is 6. The maximum absolute atomic E-state index is 13.8. The number of nitrogens with two attached hydrogens (primary N) is 1. The minimum absolute atomic E-state index is 0.106. The first-order valence-corrected chi connectivity index (χ1v) is 16.1. The van der Waals surface area contributed by atoms with E-state index in [1.165, 1.54) is 17.7 Å². The second-order valence-electron chi connectivity index (χ2n) is 13.4. The number of aliphatic imine (C=N–C) groups is 1. The topological polar surface area (TPSA) is 122 Å². The van der Waals surface area contributed by atoms with E-state index >= 15 is 0 Å². The summed E-state index contributed by atoms with van der Waals surface area (Å²) in [5.74, 6) is -0.375. The molecule has 0 radical (unpaired) electrons. The second-order valence-corrected chi connectivity index (χ2v) is 14.5. The number of aliphatic hydroxyl groups excluding tert-OH is 2. The molecule has 3 unspecified atom stereocenters. The highest BCUT2D eigenvalue weighted by atomic mass is 32.2. The number of esters is 1. The van der Waals surface area contributed by atoms with Crippen molar-refractivity contribution in [1.82, 2.24) is 0 Å². The average Bonchev–Trinajstić information content (AvgIpc) is 3.61. The molecule has 0 heterocycles. The molecule has 0 spiro atoms. The number of nitrogens with zero attached hydrogens (tertiary/aromatic N) is 1. The molecule has 7 atom stereocenters. The number of hydrogen-bond donors (Lipinski definition) is 3.